The maximum atomic E-state index is 13.1. The van der Waals surface area contributed by atoms with Crippen LogP contribution in [0.5, 0.6) is 5.75 Å². The van der Waals surface area contributed by atoms with Gasteiger partial charge in [-0.15, -0.1) is 0 Å². The summed E-state index contributed by atoms with van der Waals surface area (Å²) in [7, 11) is 0. The zero-order valence-corrected chi connectivity index (χ0v) is 16.8. The molecule has 0 fully saturated rings. The minimum Gasteiger partial charge on any atom is -0.491 e. The first-order chi connectivity index (χ1) is 14.6. The van der Waals surface area contributed by atoms with E-state index in [2.05, 4.69) is 10.3 Å². The molecule has 2 aliphatic rings. The number of halogens is 3. The third kappa shape index (κ3) is 3.22. The molecule has 31 heavy (non-hydrogen) atoms. The van der Waals surface area contributed by atoms with Crippen molar-refractivity contribution >= 4 is 16.8 Å². The van der Waals surface area contributed by atoms with Gasteiger partial charge in [-0.3, -0.25) is 9.78 Å². The third-order valence-electron chi connectivity index (χ3n) is 5.78. The van der Waals surface area contributed by atoms with Gasteiger partial charge < -0.3 is 14.8 Å². The first-order valence-corrected chi connectivity index (χ1v) is 9.85. The van der Waals surface area contributed by atoms with Crippen LogP contribution in [0.2, 0.25) is 0 Å². The minimum absolute atomic E-state index is 0.0569. The quantitative estimate of drug-likeness (QED) is 0.637. The molecule has 160 valence electrons. The van der Waals surface area contributed by atoms with Crippen molar-refractivity contribution in [1.29, 1.82) is 0 Å². The van der Waals surface area contributed by atoms with Gasteiger partial charge in [0.2, 0.25) is 0 Å². The summed E-state index contributed by atoms with van der Waals surface area (Å²) in [5, 5.41) is 3.79. The van der Waals surface area contributed by atoms with Crippen molar-refractivity contribution in [3.8, 4) is 5.75 Å². The van der Waals surface area contributed by atoms with Crippen LogP contribution in [0.4, 0.5) is 13.2 Å². The zero-order chi connectivity index (χ0) is 22.0. The second-order valence-electron chi connectivity index (χ2n) is 8.24. The standard InChI is InChI=1S/C23H19F3N2O3/c1-22(2)19-14-5-3-4-6-16(14)27-10-15(19)20(31-22)21(29)28-17-11-30-18-9-12(23(24,25)26)7-8-13(17)18/h3-10,17,20H,11H2,1-2H3,(H,28,29)/t17-,20?/m1/s1. The van der Waals surface area contributed by atoms with E-state index in [4.69, 9.17) is 9.47 Å². The summed E-state index contributed by atoms with van der Waals surface area (Å²) in [5.74, 6) is -0.258. The summed E-state index contributed by atoms with van der Waals surface area (Å²) in [6, 6.07) is 10.4. The fraction of sp³-hybridized carbons (Fsp3) is 0.304. The molecule has 3 aromatic rings. The van der Waals surface area contributed by atoms with Gasteiger partial charge in [0.1, 0.15) is 12.4 Å². The van der Waals surface area contributed by atoms with Gasteiger partial charge in [0, 0.05) is 28.3 Å². The summed E-state index contributed by atoms with van der Waals surface area (Å²) in [6.45, 7) is 3.86. The SMILES string of the molecule is CC1(C)OC(C(=O)N[C@@H]2COc3cc(C(F)(F)F)ccc32)c2cnc3ccccc3c21. The molecule has 0 spiro atoms. The number of para-hydroxylation sites is 1. The Morgan fingerprint density at radius 1 is 1.16 bits per heavy atom. The van der Waals surface area contributed by atoms with E-state index < -0.39 is 29.5 Å². The molecular weight excluding hydrogens is 409 g/mol. The molecule has 0 radical (unpaired) electrons. The summed E-state index contributed by atoms with van der Waals surface area (Å²) in [5.41, 5.74) is 1.44. The van der Waals surface area contributed by atoms with Gasteiger partial charge >= 0.3 is 6.18 Å². The highest BCUT2D eigenvalue weighted by molar-refractivity contribution is 5.90. The predicted octanol–water partition coefficient (Wildman–Crippen LogP) is 4.81. The largest absolute Gasteiger partial charge is 0.491 e. The predicted molar refractivity (Wildman–Crippen MR) is 106 cm³/mol. The molecule has 5 rings (SSSR count). The van der Waals surface area contributed by atoms with Crippen LogP contribution in [0.1, 0.15) is 48.2 Å². The van der Waals surface area contributed by atoms with Gasteiger partial charge in [-0.05, 0) is 32.0 Å². The number of nitrogens with one attached hydrogen (secondary N) is 1. The molecule has 5 nitrogen and oxygen atoms in total. The number of hydrogen-bond acceptors (Lipinski definition) is 4. The van der Waals surface area contributed by atoms with Crippen LogP contribution in [0, 0.1) is 0 Å². The lowest BCUT2D eigenvalue weighted by Gasteiger charge is -2.22. The molecule has 8 heteroatoms. The highest BCUT2D eigenvalue weighted by Gasteiger charge is 2.44. The Morgan fingerprint density at radius 3 is 2.71 bits per heavy atom. The highest BCUT2D eigenvalue weighted by Crippen LogP contribution is 2.46. The van der Waals surface area contributed by atoms with Crippen molar-refractivity contribution < 1.29 is 27.4 Å². The van der Waals surface area contributed by atoms with Crippen molar-refractivity contribution in [3.63, 3.8) is 0 Å². The number of amides is 1. The van der Waals surface area contributed by atoms with E-state index in [-0.39, 0.29) is 18.3 Å². The molecule has 1 unspecified atom stereocenters. The summed E-state index contributed by atoms with van der Waals surface area (Å²) >= 11 is 0. The first kappa shape index (κ1) is 19.8. The van der Waals surface area contributed by atoms with Gasteiger partial charge in [0.15, 0.2) is 6.10 Å². The number of carbonyl (C=O) groups is 1. The van der Waals surface area contributed by atoms with Gasteiger partial charge in [0.05, 0.1) is 22.7 Å². The molecule has 1 amide bonds. The number of aromatic nitrogens is 1. The van der Waals surface area contributed by atoms with Crippen LogP contribution in [-0.4, -0.2) is 17.5 Å². The van der Waals surface area contributed by atoms with E-state index in [9.17, 15) is 18.0 Å². The fourth-order valence-electron chi connectivity index (χ4n) is 4.39. The number of nitrogens with zero attached hydrogens (tertiary/aromatic N) is 1. The Bertz CT molecular complexity index is 1210. The number of rotatable bonds is 2. The molecule has 0 bridgehead atoms. The van der Waals surface area contributed by atoms with E-state index in [1.165, 1.54) is 6.07 Å². The van der Waals surface area contributed by atoms with Crippen molar-refractivity contribution in [1.82, 2.24) is 10.3 Å². The number of hydrogen-bond donors (Lipinski definition) is 1. The number of benzene rings is 2. The number of pyridine rings is 1. The Balaban J connectivity index is 1.43. The molecular formula is C23H19F3N2O3. The van der Waals surface area contributed by atoms with Crippen LogP contribution < -0.4 is 10.1 Å². The van der Waals surface area contributed by atoms with Crippen molar-refractivity contribution in [3.05, 3.63) is 70.9 Å². The monoisotopic (exact) mass is 428 g/mol. The van der Waals surface area contributed by atoms with Gasteiger partial charge in [-0.1, -0.05) is 24.3 Å². The third-order valence-corrected chi connectivity index (χ3v) is 5.78. The van der Waals surface area contributed by atoms with Crippen LogP contribution in [0.3, 0.4) is 0 Å². The minimum atomic E-state index is -4.46. The average molecular weight is 428 g/mol. The summed E-state index contributed by atoms with van der Waals surface area (Å²) < 4.78 is 50.4. The smallest absolute Gasteiger partial charge is 0.416 e. The number of carbonyl (C=O) groups excluding carboxylic acids is 1. The molecule has 2 atom stereocenters. The molecule has 1 aromatic heterocycles. The highest BCUT2D eigenvalue weighted by atomic mass is 19.4. The lowest BCUT2D eigenvalue weighted by Crippen LogP contribution is -2.34. The topological polar surface area (TPSA) is 60.5 Å². The second kappa shape index (κ2) is 6.68. The average Bonchev–Trinajstić information content (AvgIpc) is 3.25. The van der Waals surface area contributed by atoms with Gasteiger partial charge in [-0.2, -0.15) is 13.2 Å². The fourth-order valence-corrected chi connectivity index (χ4v) is 4.39. The Kier molecular flexibility index (Phi) is 4.27. The maximum absolute atomic E-state index is 13.1. The van der Waals surface area contributed by atoms with Gasteiger partial charge in [-0.25, -0.2) is 0 Å². The molecule has 0 aliphatic carbocycles. The number of alkyl halides is 3. The Morgan fingerprint density at radius 2 is 1.94 bits per heavy atom. The van der Waals surface area contributed by atoms with E-state index in [0.717, 1.165) is 28.6 Å². The first-order valence-electron chi connectivity index (χ1n) is 9.85. The molecule has 3 heterocycles. The zero-order valence-electron chi connectivity index (χ0n) is 16.8. The number of fused-ring (bicyclic) bond motifs is 4. The second-order valence-corrected chi connectivity index (χ2v) is 8.24. The van der Waals surface area contributed by atoms with Crippen LogP contribution >= 0.6 is 0 Å². The molecule has 1 N–H and O–H groups in total. The van der Waals surface area contributed by atoms with E-state index >= 15 is 0 Å². The van der Waals surface area contributed by atoms with Crippen molar-refractivity contribution in [2.75, 3.05) is 6.61 Å². The van der Waals surface area contributed by atoms with Crippen LogP contribution in [0.25, 0.3) is 10.9 Å². The van der Waals surface area contributed by atoms with Crippen molar-refractivity contribution in [2.24, 2.45) is 0 Å². The molecule has 0 saturated carbocycles. The van der Waals surface area contributed by atoms with Crippen molar-refractivity contribution in [2.45, 2.75) is 37.8 Å². The van der Waals surface area contributed by atoms with E-state index in [0.29, 0.717) is 11.1 Å². The molecule has 0 saturated heterocycles. The van der Waals surface area contributed by atoms with Crippen LogP contribution in [0.15, 0.2) is 48.7 Å². The van der Waals surface area contributed by atoms with Gasteiger partial charge in [0.25, 0.3) is 5.91 Å². The summed E-state index contributed by atoms with van der Waals surface area (Å²) in [6.07, 6.45) is -3.67. The normalized spacial score (nSPS) is 21.5. The van der Waals surface area contributed by atoms with E-state index in [1.807, 2.05) is 38.1 Å². The Labute approximate surface area is 176 Å². The van der Waals surface area contributed by atoms with E-state index in [1.54, 1.807) is 6.20 Å². The Hall–Kier alpha value is -3.13. The lowest BCUT2D eigenvalue weighted by atomic mass is 9.91. The summed E-state index contributed by atoms with van der Waals surface area (Å²) in [4.78, 5) is 17.6. The lowest BCUT2D eigenvalue weighted by molar-refractivity contribution is -0.141. The number of ether oxygens (including phenoxy) is 2. The van der Waals surface area contributed by atoms with Crippen LogP contribution in [-0.2, 0) is 21.3 Å². The molecule has 2 aliphatic heterocycles. The molecule has 2 aromatic carbocycles. The maximum Gasteiger partial charge on any atom is 0.416 e.